The second kappa shape index (κ2) is 35.0. The first kappa shape index (κ1) is 68.4. The van der Waals surface area contributed by atoms with Crippen LogP contribution in [0.1, 0.15) is 134 Å². The smallest absolute Gasteiger partial charge is 0.163 e. The van der Waals surface area contributed by atoms with Gasteiger partial charge in [0.2, 0.25) is 0 Å². The summed E-state index contributed by atoms with van der Waals surface area (Å²) in [4.78, 5) is 77.8. The van der Waals surface area contributed by atoms with Crippen LogP contribution in [0, 0.1) is 19.7 Å². The van der Waals surface area contributed by atoms with Crippen molar-refractivity contribution in [3.8, 4) is 45.6 Å². The van der Waals surface area contributed by atoms with Crippen LogP contribution in [0.2, 0.25) is 5.02 Å². The van der Waals surface area contributed by atoms with Gasteiger partial charge in [-0.1, -0.05) is 48.0 Å². The molecule has 0 amide bonds. The van der Waals surface area contributed by atoms with E-state index in [-0.39, 0.29) is 46.3 Å². The van der Waals surface area contributed by atoms with Crippen LogP contribution in [-0.4, -0.2) is 83.1 Å². The molecule has 0 saturated carbocycles. The highest BCUT2D eigenvalue weighted by Gasteiger charge is 2.12. The number of benzene rings is 7. The van der Waals surface area contributed by atoms with Gasteiger partial charge < -0.3 is 33.2 Å². The first-order valence-electron chi connectivity index (χ1n) is 25.3. The fourth-order valence-electron chi connectivity index (χ4n) is 7.13. The maximum absolute atomic E-state index is 12.5. The Morgan fingerprint density at radius 1 is 0.370 bits per heavy atom. The van der Waals surface area contributed by atoms with Crippen molar-refractivity contribution in [2.24, 2.45) is 0 Å². The van der Waals surface area contributed by atoms with Gasteiger partial charge in [-0.25, -0.2) is 4.39 Å². The summed E-state index contributed by atoms with van der Waals surface area (Å²) in [6, 6.07) is 40.2. The predicted octanol–water partition coefficient (Wildman–Crippen LogP) is 15.0. The molecule has 0 aromatic heterocycles. The van der Waals surface area contributed by atoms with Gasteiger partial charge in [0, 0.05) is 51.9 Å². The summed E-state index contributed by atoms with van der Waals surface area (Å²) in [5, 5.41) is 0.562. The lowest BCUT2D eigenvalue weighted by Crippen LogP contribution is -2.03. The fourth-order valence-corrected chi connectivity index (χ4v) is 7.38. The van der Waals surface area contributed by atoms with Crippen molar-refractivity contribution >= 4 is 52.1 Å². The summed E-state index contributed by atoms with van der Waals surface area (Å²) in [5.41, 5.74) is 8.86. The van der Waals surface area contributed by atoms with Crippen molar-refractivity contribution < 1.29 is 66.4 Å². The summed E-state index contributed by atoms with van der Waals surface area (Å²) in [7, 11) is 9.40. The topological polar surface area (TPSA) is 175 Å². The molecule has 81 heavy (non-hydrogen) atoms. The molecule has 0 bridgehead atoms. The van der Waals surface area contributed by atoms with Gasteiger partial charge in [-0.2, -0.15) is 0 Å². The Hall–Kier alpha value is -8.75. The van der Waals surface area contributed by atoms with Crippen molar-refractivity contribution in [3.63, 3.8) is 0 Å². The third-order valence-electron chi connectivity index (χ3n) is 11.8. The van der Waals surface area contributed by atoms with Crippen molar-refractivity contribution in [2.45, 2.75) is 75.2 Å². The van der Waals surface area contributed by atoms with Gasteiger partial charge in [0.15, 0.2) is 46.2 Å². The molecule has 0 radical (unpaired) electrons. The minimum Gasteiger partial charge on any atom is -0.497 e. The van der Waals surface area contributed by atoms with Crippen LogP contribution in [0.3, 0.4) is 0 Å². The van der Waals surface area contributed by atoms with Crippen LogP contribution >= 0.6 is 11.6 Å². The van der Waals surface area contributed by atoms with Crippen LogP contribution in [0.25, 0.3) is 11.1 Å². The Labute approximate surface area is 480 Å². The molecule has 13 nitrogen and oxygen atoms in total. The maximum atomic E-state index is 12.5. The molecule has 0 aliphatic rings. The molecule has 0 spiro atoms. The third kappa shape index (κ3) is 23.6. The Morgan fingerprint density at radius 2 is 0.728 bits per heavy atom. The zero-order valence-corrected chi connectivity index (χ0v) is 49.5. The second-order valence-electron chi connectivity index (χ2n) is 18.0. The summed E-state index contributed by atoms with van der Waals surface area (Å²) in [6.07, 6.45) is 1.44. The monoisotopic (exact) mass is 1130 g/mol. The Morgan fingerprint density at radius 3 is 1.06 bits per heavy atom. The highest BCUT2D eigenvalue weighted by Crippen LogP contribution is 2.30. The molecule has 428 valence electrons. The number of aryl methyl sites for hydroxylation is 3. The predicted molar refractivity (Wildman–Crippen MR) is 317 cm³/mol. The van der Waals surface area contributed by atoms with E-state index in [0.29, 0.717) is 50.9 Å². The van der Waals surface area contributed by atoms with Crippen molar-refractivity contribution in [2.75, 3.05) is 42.7 Å². The van der Waals surface area contributed by atoms with Gasteiger partial charge in [-0.05, 0) is 188 Å². The lowest BCUT2D eigenvalue weighted by molar-refractivity contribution is -0.117. The summed E-state index contributed by atoms with van der Waals surface area (Å²) in [5.74, 6) is 3.63. The fraction of sp³-hybridized carbons (Fsp3) is 0.258. The zero-order valence-electron chi connectivity index (χ0n) is 48.8. The van der Waals surface area contributed by atoms with E-state index in [4.69, 9.17) is 40.0 Å². The van der Waals surface area contributed by atoms with Gasteiger partial charge in [0.25, 0.3) is 0 Å². The van der Waals surface area contributed by atoms with Crippen molar-refractivity contribution in [1.82, 2.24) is 0 Å². The van der Waals surface area contributed by atoms with E-state index in [1.54, 1.807) is 98.6 Å². The van der Waals surface area contributed by atoms with E-state index in [9.17, 15) is 38.0 Å². The number of Topliss-reactive ketones (excluding diaryl/α,β-unsaturated/α-hetero) is 7. The molecule has 7 aromatic carbocycles. The van der Waals surface area contributed by atoms with Crippen LogP contribution in [-0.2, 0) is 11.2 Å². The van der Waals surface area contributed by atoms with E-state index in [2.05, 4.69) is 0 Å². The molecule has 7 aromatic rings. The molecular formula is C66H72ClFO13. The third-order valence-corrected chi connectivity index (χ3v) is 12.1. The van der Waals surface area contributed by atoms with Crippen molar-refractivity contribution in [3.05, 3.63) is 200 Å². The SMILES string of the molecule is CC(=O)c1cc(C(C)=O)cc(C(C)=O)c1.CC(=O)c1ccc(-c2ccc(C(C)=O)cc2C)c(C)c1.COc1ccc(C(C)=O)cc1.COc1ccc(CCC(C)=O)cc1.COc1ccc(F)cc1OC.COc1ccc(OC)c(Cl)c1. The van der Waals surface area contributed by atoms with Gasteiger partial charge >= 0.3 is 0 Å². The summed E-state index contributed by atoms with van der Waals surface area (Å²) >= 11 is 5.80. The number of rotatable bonds is 16. The van der Waals surface area contributed by atoms with E-state index < -0.39 is 0 Å². The molecular weight excluding hydrogens is 1060 g/mol. The Bertz CT molecular complexity index is 3110. The molecule has 0 heterocycles. The number of ether oxygens (including phenoxy) is 6. The molecule has 7 rings (SSSR count). The molecule has 0 N–H and O–H groups in total. The first-order chi connectivity index (χ1) is 38.3. The molecule has 0 aliphatic carbocycles. The van der Waals surface area contributed by atoms with Gasteiger partial charge in [-0.15, -0.1) is 0 Å². The molecule has 0 unspecified atom stereocenters. The zero-order chi connectivity index (χ0) is 60.9. The second-order valence-corrected chi connectivity index (χ2v) is 18.4. The van der Waals surface area contributed by atoms with Gasteiger partial charge in [-0.3, -0.25) is 28.8 Å². The average Bonchev–Trinajstić information content (AvgIpc) is 3.45. The number of methoxy groups -OCH3 is 6. The summed E-state index contributed by atoms with van der Waals surface area (Å²) in [6.45, 7) is 14.5. The van der Waals surface area contributed by atoms with Crippen LogP contribution < -0.4 is 28.4 Å². The highest BCUT2D eigenvalue weighted by molar-refractivity contribution is 6.32. The Kier molecular flexibility index (Phi) is 29.5. The van der Waals surface area contributed by atoms with Crippen LogP contribution in [0.5, 0.6) is 34.5 Å². The van der Waals surface area contributed by atoms with E-state index in [0.717, 1.165) is 57.1 Å². The maximum Gasteiger partial charge on any atom is 0.163 e. The minimum absolute atomic E-state index is 0.0725. The number of carbonyl (C=O) groups excluding carboxylic acids is 7. The molecule has 0 fully saturated rings. The average molecular weight is 1130 g/mol. The van der Waals surface area contributed by atoms with Crippen LogP contribution in [0.15, 0.2) is 140 Å². The van der Waals surface area contributed by atoms with E-state index in [1.807, 2.05) is 74.5 Å². The van der Waals surface area contributed by atoms with Crippen molar-refractivity contribution in [1.29, 1.82) is 0 Å². The molecule has 0 aliphatic heterocycles. The lowest BCUT2D eigenvalue weighted by Gasteiger charge is -2.11. The van der Waals surface area contributed by atoms with Crippen LogP contribution in [0.4, 0.5) is 4.39 Å². The standard InChI is InChI=1S/C18H18O2.C12H12O3.C11H14O2.C9H10O2.C8H9ClO2.C8H9FO2/c1-11-9-15(13(3)19)5-7-17(11)18-8-6-16(14(4)20)10-12(18)2;1-7(13)10-4-11(8(2)14)6-12(5-10)9(3)15;1-9(12)3-4-10-5-7-11(13-2)8-6-10;1-7(10)8-3-5-9(11-2)6-4-8;1-10-6-3-4-8(11-2)7(9)5-6;1-10-7-4-3-6(9)5-8(7)11-2/h5-10H,1-4H3;4-6H,1-3H3;5-8H,3-4H2,1-2H3;3-6H,1-2H3;2*3-5H,1-2H3. The minimum atomic E-state index is -0.331. The first-order valence-corrected chi connectivity index (χ1v) is 25.6. The quantitative estimate of drug-likeness (QED) is 0.0837. The number of hydrogen-bond donors (Lipinski definition) is 0. The van der Waals surface area contributed by atoms with Gasteiger partial charge in [0.05, 0.1) is 47.7 Å². The van der Waals surface area contributed by atoms with Gasteiger partial charge in [0.1, 0.15) is 34.6 Å². The van der Waals surface area contributed by atoms with E-state index >= 15 is 0 Å². The van der Waals surface area contributed by atoms with E-state index in [1.165, 1.54) is 77.0 Å². The highest BCUT2D eigenvalue weighted by atomic mass is 35.5. The normalized spacial score (nSPS) is 9.74. The Balaban J connectivity index is 0.000000337. The number of hydrogen-bond acceptors (Lipinski definition) is 13. The number of carbonyl (C=O) groups is 7. The summed E-state index contributed by atoms with van der Waals surface area (Å²) < 4.78 is 42.2. The molecule has 0 atom stereocenters. The number of halogens is 2. The largest absolute Gasteiger partial charge is 0.497 e. The lowest BCUT2D eigenvalue weighted by atomic mass is 9.93. The molecule has 0 saturated heterocycles. The molecule has 15 heteroatoms. The number of ketones is 7.